The topological polar surface area (TPSA) is 90.1 Å². The van der Waals surface area contributed by atoms with Crippen molar-refractivity contribution in [1.82, 2.24) is 5.32 Å². The van der Waals surface area contributed by atoms with E-state index in [1.165, 1.54) is 95.3 Å². The standard InChI is InChI=1S/C40H61N2O6P/c1-3-5-6-7-8-9-10-11-12-13-14-15-16-17-18-21-29-41-40(43)46-33-38(45-4-2)34-47-49(44)48-37-27-22-24-35(31-37)32-42-30-23-26-36-25-19-20-28-39(36)42/h19-20,22-28,30-31,38,44H,3-18,21,29,32-34H2,1-2H3/p+1. The van der Waals surface area contributed by atoms with E-state index in [9.17, 15) is 9.69 Å². The van der Waals surface area contributed by atoms with Gasteiger partial charge in [0.15, 0.2) is 12.7 Å². The zero-order valence-electron chi connectivity index (χ0n) is 30.2. The number of alkyl carbamates (subject to hydrolysis) is 1. The van der Waals surface area contributed by atoms with Gasteiger partial charge in [-0.25, -0.2) is 4.79 Å². The van der Waals surface area contributed by atoms with Crippen LogP contribution in [0.4, 0.5) is 4.79 Å². The summed E-state index contributed by atoms with van der Waals surface area (Å²) in [6.45, 7) is 5.89. The summed E-state index contributed by atoms with van der Waals surface area (Å²) >= 11 is 0. The quantitative estimate of drug-likeness (QED) is 0.0446. The van der Waals surface area contributed by atoms with Crippen molar-refractivity contribution in [2.45, 2.75) is 129 Å². The molecule has 0 fully saturated rings. The number of carbonyl (C=O) groups is 1. The van der Waals surface area contributed by atoms with E-state index in [-0.39, 0.29) is 13.2 Å². The molecule has 272 valence electrons. The zero-order valence-corrected chi connectivity index (χ0v) is 31.1. The van der Waals surface area contributed by atoms with Gasteiger partial charge < -0.3 is 24.2 Å². The van der Waals surface area contributed by atoms with E-state index in [0.29, 0.717) is 25.4 Å². The Kier molecular flexibility index (Phi) is 21.7. The van der Waals surface area contributed by atoms with Gasteiger partial charge in [-0.2, -0.15) is 4.57 Å². The first-order valence-corrected chi connectivity index (χ1v) is 20.0. The van der Waals surface area contributed by atoms with Gasteiger partial charge in [0.2, 0.25) is 5.52 Å². The number of aromatic nitrogens is 1. The lowest BCUT2D eigenvalue weighted by Gasteiger charge is -2.19. The number of para-hydroxylation sites is 1. The van der Waals surface area contributed by atoms with E-state index in [1.54, 1.807) is 6.07 Å². The van der Waals surface area contributed by atoms with Crippen LogP contribution in [-0.2, 0) is 20.5 Å². The van der Waals surface area contributed by atoms with Crippen molar-refractivity contribution in [3.05, 3.63) is 72.4 Å². The van der Waals surface area contributed by atoms with E-state index >= 15 is 0 Å². The van der Waals surface area contributed by atoms with Crippen molar-refractivity contribution in [3.63, 3.8) is 0 Å². The highest BCUT2D eigenvalue weighted by molar-refractivity contribution is 7.41. The average Bonchev–Trinajstić information content (AvgIpc) is 3.11. The Labute approximate surface area is 296 Å². The lowest BCUT2D eigenvalue weighted by atomic mass is 10.0. The van der Waals surface area contributed by atoms with E-state index in [2.05, 4.69) is 41.2 Å². The third-order valence-corrected chi connectivity index (χ3v) is 9.43. The molecule has 2 aromatic carbocycles. The van der Waals surface area contributed by atoms with Crippen LogP contribution in [0.15, 0.2) is 66.9 Å². The van der Waals surface area contributed by atoms with Gasteiger partial charge in [-0.3, -0.25) is 4.52 Å². The predicted octanol–water partition coefficient (Wildman–Crippen LogP) is 10.2. The molecule has 8 nitrogen and oxygen atoms in total. The molecule has 2 N–H and O–H groups in total. The Morgan fingerprint density at radius 1 is 0.776 bits per heavy atom. The van der Waals surface area contributed by atoms with Crippen molar-refractivity contribution < 1.29 is 32.8 Å². The van der Waals surface area contributed by atoms with E-state index in [1.807, 2.05) is 43.3 Å². The van der Waals surface area contributed by atoms with Gasteiger partial charge in [-0.1, -0.05) is 128 Å². The van der Waals surface area contributed by atoms with Crippen molar-refractivity contribution >= 4 is 25.6 Å². The number of ether oxygens (including phenoxy) is 2. The van der Waals surface area contributed by atoms with Gasteiger partial charge in [0.25, 0.3) is 0 Å². The molecule has 0 aliphatic rings. The molecule has 0 bridgehead atoms. The minimum absolute atomic E-state index is 0.0273. The van der Waals surface area contributed by atoms with Crippen LogP contribution in [0.5, 0.6) is 5.75 Å². The van der Waals surface area contributed by atoms with Crippen LogP contribution in [0.25, 0.3) is 10.9 Å². The van der Waals surface area contributed by atoms with Crippen LogP contribution in [0.3, 0.4) is 0 Å². The first-order valence-electron chi connectivity index (χ1n) is 18.9. The number of unbranched alkanes of at least 4 members (excludes halogenated alkanes) is 15. The Morgan fingerprint density at radius 2 is 1.41 bits per heavy atom. The SMILES string of the molecule is CCCCCCCCCCCCCCCCCCNC(=O)OCC(COP(O)Oc1cccc(C[n+]2cccc3ccccc32)c1)OCC. The highest BCUT2D eigenvalue weighted by Gasteiger charge is 2.18. The first kappa shape index (κ1) is 40.7. The second kappa shape index (κ2) is 26.1. The lowest BCUT2D eigenvalue weighted by Crippen LogP contribution is -2.34. The summed E-state index contributed by atoms with van der Waals surface area (Å²) in [6.07, 6.45) is 22.2. The fourth-order valence-electron chi connectivity index (χ4n) is 5.98. The van der Waals surface area contributed by atoms with E-state index in [0.717, 1.165) is 23.9 Å². The highest BCUT2D eigenvalue weighted by Crippen LogP contribution is 2.35. The van der Waals surface area contributed by atoms with Gasteiger partial charge in [0.1, 0.15) is 18.5 Å². The largest absolute Gasteiger partial charge is 0.447 e. The summed E-state index contributed by atoms with van der Waals surface area (Å²) in [5, 5.41) is 4.00. The van der Waals surface area contributed by atoms with Gasteiger partial charge in [0, 0.05) is 36.2 Å². The molecule has 3 rings (SSSR count). The molecule has 1 aromatic heterocycles. The summed E-state index contributed by atoms with van der Waals surface area (Å²) in [5.41, 5.74) is 2.18. The van der Waals surface area contributed by atoms with Gasteiger partial charge in [0.05, 0.1) is 6.61 Å². The molecular weight excluding hydrogens is 635 g/mol. The van der Waals surface area contributed by atoms with Crippen LogP contribution >= 0.6 is 8.60 Å². The maximum Gasteiger partial charge on any atom is 0.407 e. The molecule has 2 unspecified atom stereocenters. The molecule has 0 saturated heterocycles. The minimum atomic E-state index is -2.20. The van der Waals surface area contributed by atoms with Crippen molar-refractivity contribution in [1.29, 1.82) is 0 Å². The number of benzene rings is 2. The molecule has 1 heterocycles. The normalized spacial score (nSPS) is 12.6. The molecular formula is C40H62N2O6P+. The van der Waals surface area contributed by atoms with Crippen molar-refractivity contribution in [2.75, 3.05) is 26.4 Å². The molecule has 0 aliphatic heterocycles. The molecule has 2 atom stereocenters. The van der Waals surface area contributed by atoms with E-state index in [4.69, 9.17) is 18.5 Å². The second-order valence-electron chi connectivity index (χ2n) is 12.9. The smallest absolute Gasteiger partial charge is 0.407 e. The number of hydrogen-bond donors (Lipinski definition) is 2. The Morgan fingerprint density at radius 3 is 2.08 bits per heavy atom. The second-order valence-corrected chi connectivity index (χ2v) is 13.8. The van der Waals surface area contributed by atoms with Crippen LogP contribution in [-0.4, -0.2) is 43.5 Å². The van der Waals surface area contributed by atoms with Gasteiger partial charge in [-0.05, 0) is 37.6 Å². The zero-order chi connectivity index (χ0) is 34.8. The number of pyridine rings is 1. The van der Waals surface area contributed by atoms with E-state index < -0.39 is 20.8 Å². The molecule has 9 heteroatoms. The highest BCUT2D eigenvalue weighted by atomic mass is 31.2. The molecule has 3 aromatic rings. The fraction of sp³-hybridized carbons (Fsp3) is 0.600. The number of hydrogen-bond acceptors (Lipinski definition) is 6. The van der Waals surface area contributed by atoms with Gasteiger partial charge in [-0.15, -0.1) is 0 Å². The van der Waals surface area contributed by atoms with Gasteiger partial charge >= 0.3 is 14.7 Å². The molecule has 0 saturated carbocycles. The van der Waals surface area contributed by atoms with Crippen molar-refractivity contribution in [2.24, 2.45) is 0 Å². The Hall–Kier alpha value is -2.77. The number of nitrogens with one attached hydrogen (secondary N) is 1. The Balaban J connectivity index is 1.21. The third kappa shape index (κ3) is 18.2. The molecule has 0 spiro atoms. The maximum atomic E-state index is 12.2. The molecule has 0 radical (unpaired) electrons. The molecule has 0 aliphatic carbocycles. The summed E-state index contributed by atoms with van der Waals surface area (Å²) in [4.78, 5) is 22.7. The molecule has 49 heavy (non-hydrogen) atoms. The number of fused-ring (bicyclic) bond motifs is 1. The van der Waals surface area contributed by atoms with Crippen LogP contribution in [0.2, 0.25) is 0 Å². The summed E-state index contributed by atoms with van der Waals surface area (Å²) in [5.74, 6) is 0.518. The van der Waals surface area contributed by atoms with Crippen LogP contribution in [0, 0.1) is 0 Å². The third-order valence-electron chi connectivity index (χ3n) is 8.70. The summed E-state index contributed by atoms with van der Waals surface area (Å²) < 4.78 is 24.5. The number of rotatable bonds is 28. The molecule has 1 amide bonds. The lowest BCUT2D eigenvalue weighted by molar-refractivity contribution is -0.662. The number of carbonyl (C=O) groups excluding carboxylic acids is 1. The fourth-order valence-corrected chi connectivity index (χ4v) is 6.62. The Bertz CT molecular complexity index is 1290. The monoisotopic (exact) mass is 697 g/mol. The first-order chi connectivity index (χ1) is 24.1. The van der Waals surface area contributed by atoms with Crippen molar-refractivity contribution in [3.8, 4) is 5.75 Å². The average molecular weight is 698 g/mol. The van der Waals surface area contributed by atoms with Crippen LogP contribution in [0.1, 0.15) is 122 Å². The number of nitrogens with zero attached hydrogens (tertiary/aromatic N) is 1. The summed E-state index contributed by atoms with van der Waals surface area (Å²) in [6, 6.07) is 20.0. The maximum absolute atomic E-state index is 12.2. The summed E-state index contributed by atoms with van der Waals surface area (Å²) in [7, 11) is -2.20. The number of amides is 1. The predicted molar refractivity (Wildman–Crippen MR) is 200 cm³/mol. The van der Waals surface area contributed by atoms with Crippen LogP contribution < -0.4 is 14.4 Å². The minimum Gasteiger partial charge on any atom is -0.447 e.